The van der Waals surface area contributed by atoms with Gasteiger partial charge in [-0.25, -0.2) is 4.98 Å². The summed E-state index contributed by atoms with van der Waals surface area (Å²) in [7, 11) is 0. The number of aliphatic hydroxyl groups is 1. The molecular formula is C31H35NO3. The van der Waals surface area contributed by atoms with Crippen molar-refractivity contribution in [2.75, 3.05) is 19.8 Å². The Balaban J connectivity index is 1.58. The third-order valence-corrected chi connectivity index (χ3v) is 6.26. The molecule has 4 rings (SSSR count). The van der Waals surface area contributed by atoms with Gasteiger partial charge in [-0.1, -0.05) is 30.3 Å². The molecule has 0 aliphatic heterocycles. The van der Waals surface area contributed by atoms with Crippen molar-refractivity contribution >= 4 is 10.9 Å². The van der Waals surface area contributed by atoms with Crippen LogP contribution in [0, 0.1) is 13.8 Å². The third-order valence-electron chi connectivity index (χ3n) is 6.26. The number of pyridine rings is 1. The highest BCUT2D eigenvalue weighted by atomic mass is 16.5. The van der Waals surface area contributed by atoms with Crippen LogP contribution in [0.3, 0.4) is 0 Å². The Morgan fingerprint density at radius 3 is 2.40 bits per heavy atom. The molecule has 4 nitrogen and oxygen atoms in total. The first-order chi connectivity index (χ1) is 16.9. The van der Waals surface area contributed by atoms with E-state index in [1.54, 1.807) is 0 Å². The van der Waals surface area contributed by atoms with Crippen LogP contribution in [-0.4, -0.2) is 36.0 Å². The van der Waals surface area contributed by atoms with Gasteiger partial charge in [0.25, 0.3) is 0 Å². The van der Waals surface area contributed by atoms with Crippen LogP contribution in [0.15, 0.2) is 66.7 Å². The van der Waals surface area contributed by atoms with Crippen LogP contribution in [-0.2, 0) is 11.2 Å². The maximum absolute atomic E-state index is 9.57. The van der Waals surface area contributed by atoms with E-state index < -0.39 is 0 Å². The first-order valence-electron chi connectivity index (χ1n) is 12.4. The van der Waals surface area contributed by atoms with Gasteiger partial charge < -0.3 is 14.6 Å². The number of aliphatic hydroxyl groups excluding tert-OH is 1. The molecule has 0 aliphatic carbocycles. The second-order valence-electron chi connectivity index (χ2n) is 9.17. The van der Waals surface area contributed by atoms with E-state index in [9.17, 15) is 5.11 Å². The maximum atomic E-state index is 9.57. The molecule has 0 amide bonds. The van der Waals surface area contributed by atoms with E-state index in [0.29, 0.717) is 19.8 Å². The zero-order valence-corrected chi connectivity index (χ0v) is 21.2. The summed E-state index contributed by atoms with van der Waals surface area (Å²) in [5.74, 6) is 0.878. The van der Waals surface area contributed by atoms with E-state index in [4.69, 9.17) is 14.5 Å². The molecule has 0 radical (unpaired) electrons. The normalized spacial score (nSPS) is 12.1. The molecule has 0 spiro atoms. The van der Waals surface area contributed by atoms with Crippen LogP contribution in [0.25, 0.3) is 33.3 Å². The molecule has 0 saturated carbocycles. The van der Waals surface area contributed by atoms with Gasteiger partial charge in [0.1, 0.15) is 12.4 Å². The first-order valence-corrected chi connectivity index (χ1v) is 12.4. The van der Waals surface area contributed by atoms with Gasteiger partial charge >= 0.3 is 0 Å². The Hall–Kier alpha value is -3.21. The number of nitrogens with zero attached hydrogens (tertiary/aromatic N) is 1. The number of fused-ring (bicyclic) bond motifs is 1. The van der Waals surface area contributed by atoms with Gasteiger partial charge in [-0.2, -0.15) is 0 Å². The lowest BCUT2D eigenvalue weighted by atomic mass is 9.93. The van der Waals surface area contributed by atoms with Crippen molar-refractivity contribution in [3.05, 3.63) is 83.4 Å². The van der Waals surface area contributed by atoms with Crippen molar-refractivity contribution < 1.29 is 14.6 Å². The van der Waals surface area contributed by atoms with Gasteiger partial charge in [0.05, 0.1) is 23.9 Å². The Morgan fingerprint density at radius 2 is 1.66 bits per heavy atom. The minimum atomic E-state index is -0.283. The van der Waals surface area contributed by atoms with Crippen molar-refractivity contribution in [2.24, 2.45) is 0 Å². The minimum Gasteiger partial charge on any atom is -0.491 e. The highest BCUT2D eigenvalue weighted by Crippen LogP contribution is 2.33. The van der Waals surface area contributed by atoms with Crippen molar-refractivity contribution in [3.8, 4) is 28.1 Å². The van der Waals surface area contributed by atoms with E-state index in [0.717, 1.165) is 40.8 Å². The number of ether oxygens (including phenoxy) is 2. The lowest BCUT2D eigenvalue weighted by molar-refractivity contribution is 0.110. The number of benzene rings is 3. The molecule has 0 saturated heterocycles. The monoisotopic (exact) mass is 469 g/mol. The number of aromatic nitrogens is 1. The highest BCUT2D eigenvalue weighted by Gasteiger charge is 2.11. The van der Waals surface area contributed by atoms with Gasteiger partial charge in [-0.3, -0.25) is 0 Å². The molecule has 1 N–H and O–H groups in total. The molecule has 1 heterocycles. The average Bonchev–Trinajstić information content (AvgIpc) is 2.85. The Bertz CT molecular complexity index is 1270. The molecule has 1 aromatic heterocycles. The molecule has 4 aromatic rings. The van der Waals surface area contributed by atoms with E-state index in [-0.39, 0.29) is 6.10 Å². The summed E-state index contributed by atoms with van der Waals surface area (Å²) in [6.45, 7) is 9.94. The predicted octanol–water partition coefficient (Wildman–Crippen LogP) is 6.91. The molecule has 35 heavy (non-hydrogen) atoms. The van der Waals surface area contributed by atoms with Crippen molar-refractivity contribution in [2.45, 2.75) is 46.6 Å². The predicted molar refractivity (Wildman–Crippen MR) is 144 cm³/mol. The van der Waals surface area contributed by atoms with Crippen molar-refractivity contribution in [1.82, 2.24) is 4.98 Å². The molecule has 3 aromatic carbocycles. The SMILES string of the molecule is CCOCCOc1cc(C)c(-c2cccc(-c3ccc4cc(CCC(C)O)ccc4n3)c2)c(C)c1. The average molecular weight is 470 g/mol. The summed E-state index contributed by atoms with van der Waals surface area (Å²) in [4.78, 5) is 4.94. The summed E-state index contributed by atoms with van der Waals surface area (Å²) >= 11 is 0. The van der Waals surface area contributed by atoms with Crippen LogP contribution in [0.2, 0.25) is 0 Å². The minimum absolute atomic E-state index is 0.283. The van der Waals surface area contributed by atoms with Crippen LogP contribution < -0.4 is 4.74 Å². The number of aryl methyl sites for hydroxylation is 3. The molecule has 1 unspecified atom stereocenters. The summed E-state index contributed by atoms with van der Waals surface area (Å²) < 4.78 is 11.3. The topological polar surface area (TPSA) is 51.6 Å². The van der Waals surface area contributed by atoms with E-state index in [2.05, 4.69) is 80.6 Å². The number of rotatable bonds is 10. The Morgan fingerprint density at radius 1 is 0.886 bits per heavy atom. The molecule has 0 aliphatic rings. The summed E-state index contributed by atoms with van der Waals surface area (Å²) in [6, 6.07) is 23.4. The maximum Gasteiger partial charge on any atom is 0.119 e. The van der Waals surface area contributed by atoms with E-state index in [1.807, 2.05) is 13.8 Å². The van der Waals surface area contributed by atoms with Crippen LogP contribution in [0.4, 0.5) is 0 Å². The largest absolute Gasteiger partial charge is 0.491 e. The fraction of sp³-hybridized carbons (Fsp3) is 0.323. The number of hydrogen-bond acceptors (Lipinski definition) is 4. The van der Waals surface area contributed by atoms with Crippen molar-refractivity contribution in [1.29, 1.82) is 0 Å². The first kappa shape index (κ1) is 24.9. The Kier molecular flexibility index (Phi) is 8.17. The molecule has 182 valence electrons. The van der Waals surface area contributed by atoms with Gasteiger partial charge in [-0.05, 0) is 105 Å². The highest BCUT2D eigenvalue weighted by molar-refractivity contribution is 5.83. The Labute approximate surface area is 208 Å². The smallest absolute Gasteiger partial charge is 0.119 e. The van der Waals surface area contributed by atoms with Gasteiger partial charge in [0.2, 0.25) is 0 Å². The molecule has 0 bridgehead atoms. The van der Waals surface area contributed by atoms with Crippen LogP contribution in [0.1, 0.15) is 37.0 Å². The molecule has 4 heteroatoms. The zero-order chi connectivity index (χ0) is 24.8. The summed E-state index contributed by atoms with van der Waals surface area (Å²) in [5.41, 5.74) is 9.04. The third kappa shape index (κ3) is 6.27. The second-order valence-corrected chi connectivity index (χ2v) is 9.17. The lowest BCUT2D eigenvalue weighted by Gasteiger charge is -2.15. The fourth-order valence-electron chi connectivity index (χ4n) is 4.53. The quantitative estimate of drug-likeness (QED) is 0.256. The summed E-state index contributed by atoms with van der Waals surface area (Å²) in [6.07, 6.45) is 1.35. The van der Waals surface area contributed by atoms with Crippen molar-refractivity contribution in [3.63, 3.8) is 0 Å². The standard InChI is InChI=1S/C31H35NO3/c1-5-34-15-16-35-28-17-21(2)31(22(3)18-28)27-8-6-7-25(20-27)30-14-12-26-19-24(10-9-23(4)33)11-13-29(26)32-30/h6-8,11-14,17-20,23,33H,5,9-10,15-16H2,1-4H3. The molecule has 0 fully saturated rings. The number of hydrogen-bond donors (Lipinski definition) is 1. The zero-order valence-electron chi connectivity index (χ0n) is 21.2. The van der Waals surface area contributed by atoms with E-state index in [1.165, 1.54) is 27.8 Å². The van der Waals surface area contributed by atoms with Gasteiger partial charge in [0, 0.05) is 17.6 Å². The molecule has 1 atom stereocenters. The molecular weight excluding hydrogens is 434 g/mol. The van der Waals surface area contributed by atoms with E-state index >= 15 is 0 Å². The fourth-order valence-corrected chi connectivity index (χ4v) is 4.53. The lowest BCUT2D eigenvalue weighted by Crippen LogP contribution is -2.06. The second kappa shape index (κ2) is 11.5. The van der Waals surface area contributed by atoms with Crippen LogP contribution in [0.5, 0.6) is 5.75 Å². The van der Waals surface area contributed by atoms with Gasteiger partial charge in [0.15, 0.2) is 0 Å². The summed E-state index contributed by atoms with van der Waals surface area (Å²) in [5, 5.41) is 10.7. The van der Waals surface area contributed by atoms with Crippen LogP contribution >= 0.6 is 0 Å². The van der Waals surface area contributed by atoms with Gasteiger partial charge in [-0.15, -0.1) is 0 Å².